The second-order valence-corrected chi connectivity index (χ2v) is 2.74. The van der Waals surface area contributed by atoms with E-state index in [1.807, 2.05) is 6.92 Å². The van der Waals surface area contributed by atoms with Crippen LogP contribution in [0.2, 0.25) is 0 Å². The molecule has 0 saturated heterocycles. The van der Waals surface area contributed by atoms with Gasteiger partial charge in [0.05, 0.1) is 0 Å². The van der Waals surface area contributed by atoms with E-state index in [4.69, 9.17) is 5.84 Å². The lowest BCUT2D eigenvalue weighted by Gasteiger charge is -2.07. The van der Waals surface area contributed by atoms with Crippen LogP contribution in [0.5, 0.6) is 0 Å². The van der Waals surface area contributed by atoms with E-state index in [2.05, 4.69) is 21.1 Å². The van der Waals surface area contributed by atoms with Crippen LogP contribution in [0, 0.1) is 0 Å². The van der Waals surface area contributed by atoms with Crippen LogP contribution in [-0.4, -0.2) is 32.0 Å². The van der Waals surface area contributed by atoms with Crippen molar-refractivity contribution in [3.63, 3.8) is 0 Å². The van der Waals surface area contributed by atoms with Crippen molar-refractivity contribution in [2.24, 2.45) is 10.8 Å². The van der Waals surface area contributed by atoms with Crippen LogP contribution in [0.15, 0.2) is 4.99 Å². The fraction of sp³-hybridized carbons (Fsp3) is 0.750. The normalized spacial score (nSPS) is 10.9. The number of carbonyl (C=O) groups is 1. The summed E-state index contributed by atoms with van der Waals surface area (Å²) in [6.45, 7) is 3.26. The van der Waals surface area contributed by atoms with E-state index in [0.29, 0.717) is 18.9 Å². The maximum atomic E-state index is 11.1. The summed E-state index contributed by atoms with van der Waals surface area (Å²) in [6, 6.07) is 0. The zero-order valence-corrected chi connectivity index (χ0v) is 8.76. The van der Waals surface area contributed by atoms with Gasteiger partial charge in [0.25, 0.3) is 0 Å². The molecule has 6 heteroatoms. The van der Waals surface area contributed by atoms with Crippen LogP contribution in [0.4, 0.5) is 0 Å². The Kier molecular flexibility index (Phi) is 7.53. The largest absolute Gasteiger partial charge is 0.356 e. The summed E-state index contributed by atoms with van der Waals surface area (Å²) in [5, 5.41) is 5.65. The zero-order valence-electron chi connectivity index (χ0n) is 8.76. The third-order valence-corrected chi connectivity index (χ3v) is 1.58. The summed E-state index contributed by atoms with van der Waals surface area (Å²) in [5.74, 6) is 5.65. The van der Waals surface area contributed by atoms with Crippen molar-refractivity contribution in [3.05, 3.63) is 0 Å². The van der Waals surface area contributed by atoms with Gasteiger partial charge in [0.2, 0.25) is 11.9 Å². The lowest BCUT2D eigenvalue weighted by Crippen LogP contribution is -2.42. The van der Waals surface area contributed by atoms with Gasteiger partial charge in [0.15, 0.2) is 0 Å². The maximum absolute atomic E-state index is 11.1. The Bertz CT molecular complexity index is 192. The average Bonchev–Trinajstić information content (AvgIpc) is 2.21. The fourth-order valence-electron chi connectivity index (χ4n) is 0.842. The highest BCUT2D eigenvalue weighted by Gasteiger charge is 1.99. The number of hydrogen-bond acceptors (Lipinski definition) is 3. The predicted octanol–water partition coefficient (Wildman–Crippen LogP) is -1.06. The van der Waals surface area contributed by atoms with E-state index >= 15 is 0 Å². The van der Waals surface area contributed by atoms with Gasteiger partial charge in [-0.05, 0) is 6.42 Å². The molecule has 0 atom stereocenters. The van der Waals surface area contributed by atoms with Crippen LogP contribution in [0.3, 0.4) is 0 Å². The number of hydrazine groups is 1. The van der Waals surface area contributed by atoms with Gasteiger partial charge in [-0.3, -0.25) is 15.2 Å². The van der Waals surface area contributed by atoms with E-state index in [0.717, 1.165) is 13.0 Å². The molecule has 0 spiro atoms. The molecule has 14 heavy (non-hydrogen) atoms. The first kappa shape index (κ1) is 12.7. The zero-order chi connectivity index (χ0) is 10.8. The Morgan fingerprint density at radius 1 is 1.36 bits per heavy atom. The molecule has 0 rings (SSSR count). The van der Waals surface area contributed by atoms with Crippen molar-refractivity contribution in [2.45, 2.75) is 19.8 Å². The van der Waals surface area contributed by atoms with Crippen LogP contribution < -0.4 is 21.9 Å². The number of nitrogens with two attached hydrogens (primary N) is 1. The molecule has 0 aromatic rings. The molecule has 0 bridgehead atoms. The van der Waals surface area contributed by atoms with Gasteiger partial charge < -0.3 is 10.6 Å². The molecule has 0 unspecified atom stereocenters. The number of aliphatic imine (C=N–C) groups is 1. The van der Waals surface area contributed by atoms with Crippen molar-refractivity contribution in [3.8, 4) is 0 Å². The third kappa shape index (κ3) is 6.24. The summed E-state index contributed by atoms with van der Waals surface area (Å²) in [6.07, 6.45) is 1.37. The van der Waals surface area contributed by atoms with Crippen molar-refractivity contribution in [1.29, 1.82) is 0 Å². The number of amides is 1. The summed E-state index contributed by atoms with van der Waals surface area (Å²) in [5.41, 5.74) is 2.38. The smallest absolute Gasteiger partial charge is 0.221 e. The van der Waals surface area contributed by atoms with E-state index in [1.54, 1.807) is 7.05 Å². The Morgan fingerprint density at radius 2 is 2.07 bits per heavy atom. The Labute approximate surface area is 84.3 Å². The highest BCUT2D eigenvalue weighted by molar-refractivity contribution is 5.80. The summed E-state index contributed by atoms with van der Waals surface area (Å²) in [4.78, 5) is 14.9. The third-order valence-electron chi connectivity index (χ3n) is 1.58. The molecule has 0 aliphatic carbocycles. The van der Waals surface area contributed by atoms with Crippen LogP contribution in [-0.2, 0) is 4.79 Å². The molecule has 0 radical (unpaired) electrons. The van der Waals surface area contributed by atoms with Gasteiger partial charge in [0.1, 0.15) is 0 Å². The van der Waals surface area contributed by atoms with Gasteiger partial charge in [-0.25, -0.2) is 5.84 Å². The molecule has 82 valence electrons. The standard InChI is InChI=1S/C8H19N5O/c1-3-5-11-7(14)4-6-12-8(10-2)13-9/h3-6,9H2,1-2H3,(H,11,14)(H2,10,12,13). The number of guanidine groups is 1. The van der Waals surface area contributed by atoms with Gasteiger partial charge >= 0.3 is 0 Å². The number of hydrogen-bond donors (Lipinski definition) is 4. The van der Waals surface area contributed by atoms with Crippen molar-refractivity contribution >= 4 is 11.9 Å². The SMILES string of the molecule is CCCNC(=O)CCNC(=NC)NN. The Balaban J connectivity index is 3.48. The second kappa shape index (κ2) is 8.31. The van der Waals surface area contributed by atoms with Gasteiger partial charge in [-0.15, -0.1) is 0 Å². The average molecular weight is 201 g/mol. The first-order chi connectivity index (χ1) is 6.74. The number of nitrogens with zero attached hydrogens (tertiary/aromatic N) is 1. The van der Waals surface area contributed by atoms with Gasteiger partial charge in [-0.1, -0.05) is 6.92 Å². The van der Waals surface area contributed by atoms with E-state index < -0.39 is 0 Å². The topological polar surface area (TPSA) is 91.5 Å². The first-order valence-corrected chi connectivity index (χ1v) is 4.68. The molecule has 5 N–H and O–H groups in total. The monoisotopic (exact) mass is 201 g/mol. The molecule has 0 aliphatic heterocycles. The van der Waals surface area contributed by atoms with E-state index in [1.165, 1.54) is 0 Å². The lowest BCUT2D eigenvalue weighted by atomic mass is 10.4. The molecule has 0 saturated carbocycles. The Hall–Kier alpha value is -1.30. The fourth-order valence-corrected chi connectivity index (χ4v) is 0.842. The molecule has 0 aliphatic rings. The quantitative estimate of drug-likeness (QED) is 0.197. The minimum atomic E-state index is 0.0341. The number of nitrogens with one attached hydrogen (secondary N) is 3. The van der Waals surface area contributed by atoms with Crippen LogP contribution >= 0.6 is 0 Å². The summed E-state index contributed by atoms with van der Waals surface area (Å²) >= 11 is 0. The highest BCUT2D eigenvalue weighted by Crippen LogP contribution is 1.78. The summed E-state index contributed by atoms with van der Waals surface area (Å²) < 4.78 is 0. The van der Waals surface area contributed by atoms with Crippen LogP contribution in [0.1, 0.15) is 19.8 Å². The molecule has 6 nitrogen and oxygen atoms in total. The molecule has 0 heterocycles. The van der Waals surface area contributed by atoms with Crippen molar-refractivity contribution in [1.82, 2.24) is 16.1 Å². The van der Waals surface area contributed by atoms with Crippen molar-refractivity contribution in [2.75, 3.05) is 20.1 Å². The maximum Gasteiger partial charge on any atom is 0.221 e. The summed E-state index contributed by atoms with van der Waals surface area (Å²) in [7, 11) is 1.61. The Morgan fingerprint density at radius 3 is 2.57 bits per heavy atom. The predicted molar refractivity (Wildman–Crippen MR) is 56.6 cm³/mol. The van der Waals surface area contributed by atoms with Crippen molar-refractivity contribution < 1.29 is 4.79 Å². The molecule has 0 aromatic heterocycles. The molecule has 0 aromatic carbocycles. The molecule has 1 amide bonds. The van der Waals surface area contributed by atoms with Gasteiger partial charge in [-0.2, -0.15) is 0 Å². The molecular formula is C8H19N5O. The second-order valence-electron chi connectivity index (χ2n) is 2.74. The van der Waals surface area contributed by atoms with E-state index in [-0.39, 0.29) is 5.91 Å². The lowest BCUT2D eigenvalue weighted by molar-refractivity contribution is -0.120. The van der Waals surface area contributed by atoms with E-state index in [9.17, 15) is 4.79 Å². The molecular weight excluding hydrogens is 182 g/mol. The minimum Gasteiger partial charge on any atom is -0.356 e. The number of rotatable bonds is 5. The van der Waals surface area contributed by atoms with Gasteiger partial charge in [0, 0.05) is 26.6 Å². The minimum absolute atomic E-state index is 0.0341. The van der Waals surface area contributed by atoms with Crippen LogP contribution in [0.25, 0.3) is 0 Å². The highest BCUT2D eigenvalue weighted by atomic mass is 16.1. The number of carbonyl (C=O) groups excluding carboxylic acids is 1. The molecule has 0 fully saturated rings. The first-order valence-electron chi connectivity index (χ1n) is 4.68.